The first-order valence-corrected chi connectivity index (χ1v) is 8.06. The molecule has 0 bridgehead atoms. The fourth-order valence-corrected chi connectivity index (χ4v) is 2.39. The van der Waals surface area contributed by atoms with Gasteiger partial charge in [0.15, 0.2) is 11.5 Å². The summed E-state index contributed by atoms with van der Waals surface area (Å²) in [5.41, 5.74) is 1.51. The molecule has 1 aromatic heterocycles. The average molecular weight is 357 g/mol. The lowest BCUT2D eigenvalue weighted by atomic mass is 10.1. The normalized spacial score (nSPS) is 11.9. The third kappa shape index (κ3) is 4.28. The smallest absolute Gasteiger partial charge is 0.253 e. The number of pyridine rings is 1. The molecule has 2 aromatic rings. The molecule has 0 saturated heterocycles. The molecule has 0 atom stereocenters. The van der Waals surface area contributed by atoms with Gasteiger partial charge in [0.2, 0.25) is 6.79 Å². The van der Waals surface area contributed by atoms with Gasteiger partial charge in [-0.3, -0.25) is 14.6 Å². The van der Waals surface area contributed by atoms with E-state index in [0.29, 0.717) is 42.3 Å². The van der Waals surface area contributed by atoms with Crippen LogP contribution in [0.2, 0.25) is 0 Å². The summed E-state index contributed by atoms with van der Waals surface area (Å²) in [5, 5.41) is 5.48. The van der Waals surface area contributed by atoms with Gasteiger partial charge in [0.25, 0.3) is 11.8 Å². The van der Waals surface area contributed by atoms with Crippen LogP contribution in [0, 0.1) is 0 Å². The summed E-state index contributed by atoms with van der Waals surface area (Å²) in [5.74, 6) is 0.728. The topological polar surface area (TPSA) is 98.8 Å². The van der Waals surface area contributed by atoms with E-state index in [4.69, 9.17) is 14.2 Å². The number of aromatic nitrogens is 1. The van der Waals surface area contributed by atoms with E-state index >= 15 is 0 Å². The molecule has 8 heteroatoms. The number of nitrogens with one attached hydrogen (secondary N) is 2. The van der Waals surface area contributed by atoms with Crippen LogP contribution >= 0.6 is 0 Å². The zero-order chi connectivity index (χ0) is 18.4. The lowest BCUT2D eigenvalue weighted by molar-refractivity contribution is 0.0936. The summed E-state index contributed by atoms with van der Waals surface area (Å²) in [7, 11) is 1.55. The van der Waals surface area contributed by atoms with Crippen molar-refractivity contribution in [2.75, 3.05) is 27.1 Å². The molecular weight excluding hydrogens is 338 g/mol. The predicted octanol–water partition coefficient (Wildman–Crippen LogP) is 1.12. The van der Waals surface area contributed by atoms with Crippen molar-refractivity contribution in [1.29, 1.82) is 0 Å². The standard InChI is InChI=1S/C18H19N3O5/c1-24-5-4-20-17(22)13-7-14(10-19-9-13)18(23)21-8-12-2-3-15-16(6-12)26-11-25-15/h2-3,6-7,9-10H,4-5,8,11H2,1H3,(H,20,22)(H,21,23). The number of amides is 2. The van der Waals surface area contributed by atoms with Crippen molar-refractivity contribution in [2.24, 2.45) is 0 Å². The minimum Gasteiger partial charge on any atom is -0.454 e. The van der Waals surface area contributed by atoms with Crippen molar-refractivity contribution in [3.8, 4) is 11.5 Å². The Morgan fingerprint density at radius 3 is 2.58 bits per heavy atom. The maximum atomic E-state index is 12.3. The molecular formula is C18H19N3O5. The van der Waals surface area contributed by atoms with Gasteiger partial charge in [0.05, 0.1) is 17.7 Å². The van der Waals surface area contributed by atoms with E-state index in [1.54, 1.807) is 13.2 Å². The number of ether oxygens (including phenoxy) is 3. The highest BCUT2D eigenvalue weighted by Gasteiger charge is 2.14. The van der Waals surface area contributed by atoms with Gasteiger partial charge in [-0.1, -0.05) is 6.07 Å². The summed E-state index contributed by atoms with van der Waals surface area (Å²) < 4.78 is 15.5. The van der Waals surface area contributed by atoms with Gasteiger partial charge in [-0.15, -0.1) is 0 Å². The number of nitrogens with zero attached hydrogens (tertiary/aromatic N) is 1. The highest BCUT2D eigenvalue weighted by atomic mass is 16.7. The summed E-state index contributed by atoms with van der Waals surface area (Å²) in [4.78, 5) is 28.3. The minimum atomic E-state index is -0.318. The van der Waals surface area contributed by atoms with Gasteiger partial charge in [-0.05, 0) is 23.8 Å². The fraction of sp³-hybridized carbons (Fsp3) is 0.278. The van der Waals surface area contributed by atoms with Crippen LogP contribution in [0.15, 0.2) is 36.7 Å². The lowest BCUT2D eigenvalue weighted by Gasteiger charge is -2.08. The predicted molar refractivity (Wildman–Crippen MR) is 92.2 cm³/mol. The van der Waals surface area contributed by atoms with Crippen molar-refractivity contribution in [1.82, 2.24) is 15.6 Å². The summed E-state index contributed by atoms with van der Waals surface area (Å²) in [6.07, 6.45) is 2.83. The Kier molecular flexibility index (Phi) is 5.65. The number of carbonyl (C=O) groups excluding carboxylic acids is 2. The monoisotopic (exact) mass is 357 g/mol. The SMILES string of the molecule is COCCNC(=O)c1cncc(C(=O)NCc2ccc3c(c2)OCO3)c1. The number of hydrogen-bond acceptors (Lipinski definition) is 6. The third-order valence-electron chi connectivity index (χ3n) is 3.74. The number of rotatable bonds is 7. The third-order valence-corrected chi connectivity index (χ3v) is 3.74. The van der Waals surface area contributed by atoms with Crippen LogP contribution in [0.4, 0.5) is 0 Å². The highest BCUT2D eigenvalue weighted by Crippen LogP contribution is 2.32. The molecule has 136 valence electrons. The largest absolute Gasteiger partial charge is 0.454 e. The zero-order valence-electron chi connectivity index (χ0n) is 14.3. The van der Waals surface area contributed by atoms with E-state index < -0.39 is 0 Å². The second kappa shape index (κ2) is 8.30. The van der Waals surface area contributed by atoms with Gasteiger partial charge in [-0.25, -0.2) is 0 Å². The van der Waals surface area contributed by atoms with Crippen LogP contribution < -0.4 is 20.1 Å². The van der Waals surface area contributed by atoms with Crippen molar-refractivity contribution >= 4 is 11.8 Å². The lowest BCUT2D eigenvalue weighted by Crippen LogP contribution is -2.28. The first-order chi connectivity index (χ1) is 12.7. The molecule has 0 saturated carbocycles. The number of hydrogen-bond donors (Lipinski definition) is 2. The first-order valence-electron chi connectivity index (χ1n) is 8.06. The van der Waals surface area contributed by atoms with Gasteiger partial charge in [0, 0.05) is 32.6 Å². The second-order valence-electron chi connectivity index (χ2n) is 5.58. The fourth-order valence-electron chi connectivity index (χ4n) is 2.39. The molecule has 0 fully saturated rings. The van der Waals surface area contributed by atoms with Crippen LogP contribution in [0.25, 0.3) is 0 Å². The summed E-state index contributed by atoms with van der Waals surface area (Å²) >= 11 is 0. The minimum absolute atomic E-state index is 0.204. The maximum absolute atomic E-state index is 12.3. The van der Waals surface area contributed by atoms with Crippen molar-refractivity contribution in [2.45, 2.75) is 6.54 Å². The van der Waals surface area contributed by atoms with Crippen molar-refractivity contribution < 1.29 is 23.8 Å². The number of carbonyl (C=O) groups is 2. The average Bonchev–Trinajstić information content (AvgIpc) is 3.14. The van der Waals surface area contributed by atoms with Crippen LogP contribution in [0.1, 0.15) is 26.3 Å². The molecule has 0 unspecified atom stereocenters. The molecule has 0 aliphatic carbocycles. The second-order valence-corrected chi connectivity index (χ2v) is 5.58. The molecule has 2 amide bonds. The van der Waals surface area contributed by atoms with Gasteiger partial charge < -0.3 is 24.8 Å². The molecule has 1 aromatic carbocycles. The van der Waals surface area contributed by atoms with Gasteiger partial charge in [0.1, 0.15) is 0 Å². The Morgan fingerprint density at radius 2 is 1.81 bits per heavy atom. The Labute approximate surface area is 150 Å². The van der Waals surface area contributed by atoms with Crippen molar-refractivity contribution in [3.05, 3.63) is 53.3 Å². The van der Waals surface area contributed by atoms with E-state index in [0.717, 1.165) is 5.56 Å². The van der Waals surface area contributed by atoms with E-state index in [-0.39, 0.29) is 18.6 Å². The van der Waals surface area contributed by atoms with Crippen molar-refractivity contribution in [3.63, 3.8) is 0 Å². The Balaban J connectivity index is 1.59. The summed E-state index contributed by atoms with van der Waals surface area (Å²) in [6.45, 7) is 1.32. The van der Waals surface area contributed by atoms with Crippen LogP contribution in [-0.4, -0.2) is 43.9 Å². The van der Waals surface area contributed by atoms with E-state index in [9.17, 15) is 9.59 Å². The van der Waals surface area contributed by atoms with Crippen LogP contribution in [0.5, 0.6) is 11.5 Å². The molecule has 2 N–H and O–H groups in total. The number of fused-ring (bicyclic) bond motifs is 1. The molecule has 26 heavy (non-hydrogen) atoms. The summed E-state index contributed by atoms with van der Waals surface area (Å²) in [6, 6.07) is 6.98. The quantitative estimate of drug-likeness (QED) is 0.721. The Morgan fingerprint density at radius 1 is 1.08 bits per heavy atom. The molecule has 2 heterocycles. The molecule has 1 aliphatic heterocycles. The van der Waals surface area contributed by atoms with Crippen LogP contribution in [0.3, 0.4) is 0 Å². The maximum Gasteiger partial charge on any atom is 0.253 e. The van der Waals surface area contributed by atoms with E-state index in [2.05, 4.69) is 15.6 Å². The Bertz CT molecular complexity index is 809. The molecule has 1 aliphatic rings. The zero-order valence-corrected chi connectivity index (χ0v) is 14.3. The number of methoxy groups -OCH3 is 1. The van der Waals surface area contributed by atoms with Crippen LogP contribution in [-0.2, 0) is 11.3 Å². The first kappa shape index (κ1) is 17.7. The molecule has 8 nitrogen and oxygen atoms in total. The highest BCUT2D eigenvalue weighted by molar-refractivity contribution is 5.99. The van der Waals surface area contributed by atoms with E-state index in [1.165, 1.54) is 18.5 Å². The van der Waals surface area contributed by atoms with Gasteiger partial charge in [-0.2, -0.15) is 0 Å². The molecule has 0 radical (unpaired) electrons. The Hall–Kier alpha value is -3.13. The number of benzene rings is 1. The van der Waals surface area contributed by atoms with E-state index in [1.807, 2.05) is 12.1 Å². The molecule has 0 spiro atoms. The molecule has 3 rings (SSSR count). The van der Waals surface area contributed by atoms with Gasteiger partial charge >= 0.3 is 0 Å².